The molecule has 1 aromatic carbocycles. The Morgan fingerprint density at radius 2 is 1.97 bits per heavy atom. The quantitative estimate of drug-likeness (QED) is 0.639. The van der Waals surface area contributed by atoms with E-state index in [1.807, 2.05) is 0 Å². The number of esters is 2. The molecule has 0 saturated heterocycles. The lowest BCUT2D eigenvalue weighted by Crippen LogP contribution is -2.69. The summed E-state index contributed by atoms with van der Waals surface area (Å²) in [6.45, 7) is 9.94. The molecule has 32 heavy (non-hydrogen) atoms. The highest BCUT2D eigenvalue weighted by molar-refractivity contribution is 5.97. The van der Waals surface area contributed by atoms with Crippen molar-refractivity contribution in [1.82, 2.24) is 0 Å². The molecule has 174 valence electrons. The summed E-state index contributed by atoms with van der Waals surface area (Å²) in [5.74, 6) is -0.0104. The largest absolute Gasteiger partial charge is 0.508 e. The van der Waals surface area contributed by atoms with E-state index in [0.717, 1.165) is 12.8 Å². The predicted molar refractivity (Wildman–Crippen MR) is 114 cm³/mol. The first-order valence-electron chi connectivity index (χ1n) is 11.5. The minimum absolute atomic E-state index is 0.107. The van der Waals surface area contributed by atoms with Crippen molar-refractivity contribution in [1.29, 1.82) is 0 Å². The van der Waals surface area contributed by atoms with E-state index >= 15 is 0 Å². The molecule has 7 heteroatoms. The lowest BCUT2D eigenvalue weighted by molar-refractivity contribution is -0.246. The van der Waals surface area contributed by atoms with E-state index < -0.39 is 40.6 Å². The van der Waals surface area contributed by atoms with Crippen molar-refractivity contribution in [3.63, 3.8) is 0 Å². The number of hydrogen-bond donors (Lipinski definition) is 2. The van der Waals surface area contributed by atoms with Crippen LogP contribution in [0.25, 0.3) is 0 Å². The second-order valence-corrected chi connectivity index (χ2v) is 11.1. The number of phenolic OH excluding ortho intramolecular Hbond substituents is 1. The van der Waals surface area contributed by atoms with Gasteiger partial charge < -0.3 is 24.4 Å². The van der Waals surface area contributed by atoms with Gasteiger partial charge in [0.2, 0.25) is 0 Å². The summed E-state index contributed by atoms with van der Waals surface area (Å²) in [5.41, 5.74) is 0.0593. The number of aliphatic hydroxyl groups excluding tert-OH is 1. The third-order valence-corrected chi connectivity index (χ3v) is 9.06. The molecule has 2 aliphatic carbocycles. The normalized spacial score (nSPS) is 39.0. The summed E-state index contributed by atoms with van der Waals surface area (Å²) in [6.07, 6.45) is 1.25. The number of aliphatic hydroxyl groups is 1. The Hall–Kier alpha value is -2.28. The van der Waals surface area contributed by atoms with Crippen molar-refractivity contribution in [2.45, 2.75) is 84.7 Å². The van der Waals surface area contributed by atoms with Crippen molar-refractivity contribution in [2.24, 2.45) is 22.7 Å². The van der Waals surface area contributed by atoms with Gasteiger partial charge in [0.25, 0.3) is 0 Å². The first kappa shape index (κ1) is 21.6. The molecular weight excluding hydrogens is 412 g/mol. The molecule has 7 nitrogen and oxygen atoms in total. The van der Waals surface area contributed by atoms with Crippen LogP contribution in [0.3, 0.4) is 0 Å². The van der Waals surface area contributed by atoms with Crippen LogP contribution in [0.4, 0.5) is 0 Å². The maximum atomic E-state index is 12.5. The third-order valence-electron chi connectivity index (χ3n) is 9.06. The van der Waals surface area contributed by atoms with Gasteiger partial charge in [-0.05, 0) is 37.2 Å². The first-order chi connectivity index (χ1) is 14.9. The Bertz CT molecular complexity index is 1010. The van der Waals surface area contributed by atoms with Crippen LogP contribution in [0.15, 0.2) is 6.07 Å². The molecule has 4 aliphatic rings. The predicted octanol–water partition coefficient (Wildman–Crippen LogP) is 3.51. The van der Waals surface area contributed by atoms with Gasteiger partial charge in [0, 0.05) is 35.3 Å². The maximum absolute atomic E-state index is 12.5. The van der Waals surface area contributed by atoms with Crippen LogP contribution in [0.5, 0.6) is 11.5 Å². The number of carbonyl (C=O) groups excluding carboxylic acids is 2. The number of aromatic hydroxyl groups is 1. The number of benzene rings is 1. The van der Waals surface area contributed by atoms with Gasteiger partial charge in [0.1, 0.15) is 35.4 Å². The number of rotatable bonds is 1. The first-order valence-corrected chi connectivity index (χ1v) is 11.5. The molecule has 2 heterocycles. The van der Waals surface area contributed by atoms with Crippen LogP contribution in [-0.4, -0.2) is 40.0 Å². The lowest BCUT2D eigenvalue weighted by atomic mass is 9.43. The monoisotopic (exact) mass is 444 g/mol. The fraction of sp³-hybridized carbons (Fsp3) is 0.680. The summed E-state index contributed by atoms with van der Waals surface area (Å²) in [4.78, 5) is 24.3. The standard InChI is InChI=1S/C25H32O7/c1-12-6-7-18-23(3,4)21(31-13(2)26)17(28)10-24(18,5)25(12)9-15-16(27)8-14-11-30-22(29)19(14)20(15)32-25/h8,12,17-18,21,27-28H,6-7,9-11H2,1-5H3/t12-,17-,18+,21-,24+,25-/m1/s1. The van der Waals surface area contributed by atoms with E-state index in [-0.39, 0.29) is 24.2 Å². The van der Waals surface area contributed by atoms with Gasteiger partial charge in [0.05, 0.1) is 6.10 Å². The molecule has 0 amide bonds. The third kappa shape index (κ3) is 2.57. The smallest absolute Gasteiger partial charge is 0.342 e. The maximum Gasteiger partial charge on any atom is 0.342 e. The van der Waals surface area contributed by atoms with E-state index in [1.165, 1.54) is 6.92 Å². The van der Waals surface area contributed by atoms with Crippen LogP contribution < -0.4 is 4.74 Å². The average Bonchev–Trinajstić information content (AvgIpc) is 3.26. The minimum atomic E-state index is -0.839. The number of cyclic esters (lactones) is 1. The average molecular weight is 445 g/mol. The fourth-order valence-corrected chi connectivity index (χ4v) is 7.63. The number of ether oxygens (including phenoxy) is 3. The highest BCUT2D eigenvalue weighted by Crippen LogP contribution is 2.67. The van der Waals surface area contributed by atoms with Crippen LogP contribution in [0, 0.1) is 22.7 Å². The SMILES string of the molecule is CC(=O)O[C@@H]1[C@H](O)C[C@@]2(C)[C@@H](CC[C@@H](C)[C@]23Cc2c(O)cc4c(c2O3)C(=O)OC4)C1(C)C. The van der Waals surface area contributed by atoms with Gasteiger partial charge in [-0.2, -0.15) is 0 Å². The molecule has 1 spiro atoms. The highest BCUT2D eigenvalue weighted by Gasteiger charge is 2.69. The van der Waals surface area contributed by atoms with Crippen LogP contribution in [0.1, 0.15) is 75.4 Å². The van der Waals surface area contributed by atoms with E-state index in [0.29, 0.717) is 35.3 Å². The summed E-state index contributed by atoms with van der Waals surface area (Å²) < 4.78 is 17.6. The van der Waals surface area contributed by atoms with Crippen molar-refractivity contribution < 1.29 is 34.0 Å². The van der Waals surface area contributed by atoms with Crippen LogP contribution in [-0.2, 0) is 27.3 Å². The number of carbonyl (C=O) groups is 2. The Morgan fingerprint density at radius 3 is 2.66 bits per heavy atom. The van der Waals surface area contributed by atoms with E-state index in [1.54, 1.807) is 6.07 Å². The highest BCUT2D eigenvalue weighted by atomic mass is 16.6. The van der Waals surface area contributed by atoms with Crippen LogP contribution in [0.2, 0.25) is 0 Å². The summed E-state index contributed by atoms with van der Waals surface area (Å²) in [6, 6.07) is 1.62. The Kier molecular flexibility index (Phi) is 4.46. The van der Waals surface area contributed by atoms with E-state index in [2.05, 4.69) is 27.7 Å². The molecule has 0 radical (unpaired) electrons. The zero-order chi connectivity index (χ0) is 23.2. The molecule has 1 aromatic rings. The van der Waals surface area contributed by atoms with Crippen molar-refractivity contribution >= 4 is 11.9 Å². The molecule has 0 bridgehead atoms. The fourth-order valence-electron chi connectivity index (χ4n) is 7.63. The summed E-state index contributed by atoms with van der Waals surface area (Å²) >= 11 is 0. The van der Waals surface area contributed by atoms with E-state index in [4.69, 9.17) is 14.2 Å². The molecule has 2 aliphatic heterocycles. The molecule has 2 saturated carbocycles. The minimum Gasteiger partial charge on any atom is -0.508 e. The van der Waals surface area contributed by atoms with Crippen LogP contribution >= 0.6 is 0 Å². The van der Waals surface area contributed by atoms with Gasteiger partial charge in [-0.1, -0.05) is 27.7 Å². The Labute approximate surface area is 188 Å². The number of hydrogen-bond acceptors (Lipinski definition) is 7. The number of phenols is 1. The summed E-state index contributed by atoms with van der Waals surface area (Å²) in [5, 5.41) is 22.0. The topological polar surface area (TPSA) is 102 Å². The van der Waals surface area contributed by atoms with Gasteiger partial charge in [-0.25, -0.2) is 4.79 Å². The molecular formula is C25H32O7. The lowest BCUT2D eigenvalue weighted by Gasteiger charge is -2.65. The van der Waals surface area contributed by atoms with E-state index in [9.17, 15) is 19.8 Å². The van der Waals surface area contributed by atoms with Crippen molar-refractivity contribution in [3.8, 4) is 11.5 Å². The Morgan fingerprint density at radius 1 is 1.25 bits per heavy atom. The van der Waals surface area contributed by atoms with Gasteiger partial charge in [0.15, 0.2) is 0 Å². The molecule has 0 unspecified atom stereocenters. The van der Waals surface area contributed by atoms with Gasteiger partial charge >= 0.3 is 11.9 Å². The zero-order valence-electron chi connectivity index (χ0n) is 19.4. The van der Waals surface area contributed by atoms with Gasteiger partial charge in [-0.15, -0.1) is 0 Å². The Balaban J connectivity index is 1.62. The zero-order valence-corrected chi connectivity index (χ0v) is 19.4. The molecule has 6 atom stereocenters. The second kappa shape index (κ2) is 6.62. The molecule has 2 N–H and O–H groups in total. The van der Waals surface area contributed by atoms with Crippen molar-refractivity contribution in [3.05, 3.63) is 22.8 Å². The second-order valence-electron chi connectivity index (χ2n) is 11.1. The number of fused-ring (bicyclic) bond motifs is 5. The molecule has 5 rings (SSSR count). The molecule has 0 aromatic heterocycles. The van der Waals surface area contributed by atoms with Crippen molar-refractivity contribution in [2.75, 3.05) is 0 Å². The van der Waals surface area contributed by atoms with Gasteiger partial charge in [-0.3, -0.25) is 4.79 Å². The molecule has 2 fully saturated rings. The summed E-state index contributed by atoms with van der Waals surface area (Å²) in [7, 11) is 0.